The number of fused-ring (bicyclic) bond motifs is 3. The fourth-order valence-corrected chi connectivity index (χ4v) is 6.85. The number of aromatic nitrogens is 3. The Morgan fingerprint density at radius 1 is 1.00 bits per heavy atom. The minimum absolute atomic E-state index is 0.202. The molecule has 1 amide bonds. The lowest BCUT2D eigenvalue weighted by Crippen LogP contribution is -2.64. The summed E-state index contributed by atoms with van der Waals surface area (Å²) in [5.41, 5.74) is 5.43. The van der Waals surface area contributed by atoms with Crippen LogP contribution in [0.5, 0.6) is 0 Å². The van der Waals surface area contributed by atoms with Crippen molar-refractivity contribution >= 4 is 28.8 Å². The number of thiophene rings is 1. The average Bonchev–Trinajstić information content (AvgIpc) is 3.30. The van der Waals surface area contributed by atoms with Gasteiger partial charge in [0, 0.05) is 67.0 Å². The van der Waals surface area contributed by atoms with E-state index in [9.17, 15) is 4.79 Å². The van der Waals surface area contributed by atoms with Gasteiger partial charge in [0.15, 0.2) is 5.82 Å². The van der Waals surface area contributed by atoms with E-state index in [-0.39, 0.29) is 6.09 Å². The van der Waals surface area contributed by atoms with Crippen molar-refractivity contribution in [3.63, 3.8) is 0 Å². The Bertz CT molecular complexity index is 1420. The molecule has 3 aliphatic rings. The number of rotatable bonds is 3. The summed E-state index contributed by atoms with van der Waals surface area (Å²) in [5.74, 6) is 1.79. The molecular formula is C29H37N7O2S. The molecule has 0 atom stereocenters. The summed E-state index contributed by atoms with van der Waals surface area (Å²) >= 11 is 1.79. The summed E-state index contributed by atoms with van der Waals surface area (Å²) in [6.45, 7) is 18.1. The fraction of sp³-hybridized carbons (Fsp3) is 0.517. The first-order valence-electron chi connectivity index (χ1n) is 13.7. The Morgan fingerprint density at radius 2 is 1.69 bits per heavy atom. The predicted octanol–water partition coefficient (Wildman–Crippen LogP) is 4.35. The average molecular weight is 548 g/mol. The lowest BCUT2D eigenvalue weighted by Gasteiger charge is -2.48. The lowest BCUT2D eigenvalue weighted by atomic mass is 9.99. The van der Waals surface area contributed by atoms with Gasteiger partial charge in [-0.05, 0) is 59.2 Å². The van der Waals surface area contributed by atoms with Crippen molar-refractivity contribution in [3.8, 4) is 5.00 Å². The molecule has 9 nitrogen and oxygen atoms in total. The monoisotopic (exact) mass is 547 g/mol. The molecule has 6 rings (SSSR count). The van der Waals surface area contributed by atoms with Crippen molar-refractivity contribution in [1.82, 2.24) is 24.6 Å². The van der Waals surface area contributed by atoms with Crippen LogP contribution in [0.15, 0.2) is 29.3 Å². The molecule has 10 heteroatoms. The van der Waals surface area contributed by atoms with Gasteiger partial charge < -0.3 is 14.5 Å². The highest BCUT2D eigenvalue weighted by molar-refractivity contribution is 7.15. The summed E-state index contributed by atoms with van der Waals surface area (Å²) in [6.07, 6.45) is -0.202. The highest BCUT2D eigenvalue weighted by atomic mass is 32.1. The molecule has 0 spiro atoms. The molecule has 0 unspecified atom stereocenters. The number of ether oxygens (including phenoxy) is 1. The van der Waals surface area contributed by atoms with Crippen LogP contribution in [0.1, 0.15) is 54.0 Å². The number of carbonyl (C=O) groups is 1. The van der Waals surface area contributed by atoms with Crippen LogP contribution in [0.4, 0.5) is 10.5 Å². The molecule has 2 aromatic heterocycles. The van der Waals surface area contributed by atoms with E-state index in [1.807, 2.05) is 32.6 Å². The van der Waals surface area contributed by atoms with Gasteiger partial charge in [-0.1, -0.05) is 12.1 Å². The molecule has 2 saturated heterocycles. The van der Waals surface area contributed by atoms with Gasteiger partial charge in [-0.3, -0.25) is 14.5 Å². The molecule has 0 saturated carbocycles. The third-order valence-electron chi connectivity index (χ3n) is 7.93. The standard InChI is InChI=1S/C29H37N7O2S/c1-18-19(2)39-27-25(18)26(30-15-24-32-31-20(3)36(24)27)21-7-9-22(10-8-21)33-11-13-34(14-12-33)23-16-35(17-23)28(37)38-29(4,5)6/h7-10,23H,11-17H2,1-6H3. The van der Waals surface area contributed by atoms with Crippen molar-refractivity contribution in [2.75, 3.05) is 44.2 Å². The van der Waals surface area contributed by atoms with E-state index < -0.39 is 5.60 Å². The smallest absolute Gasteiger partial charge is 0.410 e. The third kappa shape index (κ3) is 4.84. The molecule has 2 fully saturated rings. The maximum absolute atomic E-state index is 12.3. The van der Waals surface area contributed by atoms with Crippen LogP contribution < -0.4 is 4.90 Å². The summed E-state index contributed by atoms with van der Waals surface area (Å²) < 4.78 is 7.67. The van der Waals surface area contributed by atoms with E-state index in [0.29, 0.717) is 12.6 Å². The summed E-state index contributed by atoms with van der Waals surface area (Å²) in [5, 5.41) is 9.86. The number of nitrogens with zero attached hydrogens (tertiary/aromatic N) is 7. The van der Waals surface area contributed by atoms with Gasteiger partial charge in [0.2, 0.25) is 0 Å². The highest BCUT2D eigenvalue weighted by Gasteiger charge is 2.38. The van der Waals surface area contributed by atoms with Crippen LogP contribution in [-0.4, -0.2) is 87.3 Å². The number of likely N-dealkylation sites (tertiary alicyclic amines) is 1. The van der Waals surface area contributed by atoms with Crippen LogP contribution in [0.2, 0.25) is 0 Å². The van der Waals surface area contributed by atoms with Crippen molar-refractivity contribution < 1.29 is 9.53 Å². The molecule has 5 heterocycles. The first-order valence-corrected chi connectivity index (χ1v) is 14.5. The Labute approximate surface area is 234 Å². The van der Waals surface area contributed by atoms with E-state index in [0.717, 1.165) is 62.2 Å². The Morgan fingerprint density at radius 3 is 2.36 bits per heavy atom. The highest BCUT2D eigenvalue weighted by Crippen LogP contribution is 2.36. The van der Waals surface area contributed by atoms with E-state index in [1.54, 1.807) is 11.3 Å². The van der Waals surface area contributed by atoms with E-state index in [4.69, 9.17) is 9.73 Å². The van der Waals surface area contributed by atoms with Gasteiger partial charge in [-0.2, -0.15) is 0 Å². The summed E-state index contributed by atoms with van der Waals surface area (Å²) in [4.78, 5) is 25.4. The topological polar surface area (TPSA) is 79.1 Å². The number of aryl methyl sites for hydroxylation is 2. The quantitative estimate of drug-likeness (QED) is 0.485. The molecular weight excluding hydrogens is 510 g/mol. The number of carbonyl (C=O) groups excluding carboxylic acids is 1. The second-order valence-corrected chi connectivity index (χ2v) is 12.9. The van der Waals surface area contributed by atoms with Gasteiger partial charge in [0.25, 0.3) is 0 Å². The van der Waals surface area contributed by atoms with Gasteiger partial charge in [-0.15, -0.1) is 21.5 Å². The Kier molecular flexibility index (Phi) is 6.50. The van der Waals surface area contributed by atoms with Crippen LogP contribution >= 0.6 is 11.3 Å². The Hall–Kier alpha value is -3.24. The van der Waals surface area contributed by atoms with Crippen LogP contribution in [-0.2, 0) is 11.3 Å². The number of aliphatic imine (C=N–C) groups is 1. The van der Waals surface area contributed by atoms with Gasteiger partial charge in [-0.25, -0.2) is 4.79 Å². The van der Waals surface area contributed by atoms with Crippen LogP contribution in [0, 0.1) is 20.8 Å². The number of piperazine rings is 1. The molecule has 0 bridgehead atoms. The largest absolute Gasteiger partial charge is 0.444 e. The third-order valence-corrected chi connectivity index (χ3v) is 9.12. The maximum atomic E-state index is 12.3. The number of hydrogen-bond acceptors (Lipinski definition) is 8. The second kappa shape index (κ2) is 9.75. The lowest BCUT2D eigenvalue weighted by molar-refractivity contribution is -0.0162. The molecule has 3 aliphatic heterocycles. The normalized spacial score (nSPS) is 18.3. The first-order chi connectivity index (χ1) is 18.6. The fourth-order valence-electron chi connectivity index (χ4n) is 5.62. The first kappa shape index (κ1) is 26.0. The molecule has 0 radical (unpaired) electrons. The predicted molar refractivity (Wildman–Crippen MR) is 155 cm³/mol. The zero-order valence-electron chi connectivity index (χ0n) is 23.7. The van der Waals surface area contributed by atoms with E-state index in [1.165, 1.54) is 26.7 Å². The van der Waals surface area contributed by atoms with Crippen molar-refractivity contribution in [2.45, 2.75) is 59.7 Å². The van der Waals surface area contributed by atoms with Gasteiger partial charge in [0.1, 0.15) is 23.0 Å². The van der Waals surface area contributed by atoms with Gasteiger partial charge in [0.05, 0.1) is 5.71 Å². The molecule has 0 aliphatic carbocycles. The zero-order valence-corrected chi connectivity index (χ0v) is 24.5. The van der Waals surface area contributed by atoms with Crippen molar-refractivity contribution in [3.05, 3.63) is 57.5 Å². The van der Waals surface area contributed by atoms with Gasteiger partial charge >= 0.3 is 6.09 Å². The SMILES string of the molecule is Cc1sc2c(c1C)C(c1ccc(N3CCN(C4CN(C(=O)OC(C)(C)C)C4)CC3)cc1)=NCc1nnc(C)n1-2. The van der Waals surface area contributed by atoms with Crippen molar-refractivity contribution in [1.29, 1.82) is 0 Å². The minimum Gasteiger partial charge on any atom is -0.444 e. The van der Waals surface area contributed by atoms with Crippen LogP contribution in [0.3, 0.4) is 0 Å². The van der Waals surface area contributed by atoms with Crippen LogP contribution in [0.25, 0.3) is 5.00 Å². The number of amides is 1. The van der Waals surface area contributed by atoms with E-state index >= 15 is 0 Å². The minimum atomic E-state index is -0.449. The molecule has 39 heavy (non-hydrogen) atoms. The molecule has 1 aromatic carbocycles. The van der Waals surface area contributed by atoms with Crippen molar-refractivity contribution in [2.24, 2.45) is 4.99 Å². The number of benzene rings is 1. The maximum Gasteiger partial charge on any atom is 0.410 e. The number of anilines is 1. The Balaban J connectivity index is 1.11. The number of hydrogen-bond donors (Lipinski definition) is 0. The molecule has 206 valence electrons. The molecule has 0 N–H and O–H groups in total. The summed E-state index contributed by atoms with van der Waals surface area (Å²) in [6, 6.07) is 9.30. The summed E-state index contributed by atoms with van der Waals surface area (Å²) in [7, 11) is 0. The van der Waals surface area contributed by atoms with E-state index in [2.05, 4.69) is 62.7 Å². The zero-order chi connectivity index (χ0) is 27.5. The molecule has 3 aromatic rings. The second-order valence-electron chi connectivity index (χ2n) is 11.7.